The van der Waals surface area contributed by atoms with Crippen molar-refractivity contribution >= 4 is 17.3 Å². The van der Waals surface area contributed by atoms with Gasteiger partial charge in [0.1, 0.15) is 5.75 Å². The molecule has 0 aliphatic carbocycles. The number of nitrogens with zero attached hydrogens (tertiary/aromatic N) is 4. The molecule has 0 saturated carbocycles. The zero-order valence-corrected chi connectivity index (χ0v) is 22.6. The second kappa shape index (κ2) is 12.3. The molecule has 0 radical (unpaired) electrons. The van der Waals surface area contributed by atoms with Crippen molar-refractivity contribution in [1.82, 2.24) is 15.1 Å². The number of likely N-dealkylation sites (N-methyl/N-ethyl adjacent to an activating group) is 1. The van der Waals surface area contributed by atoms with E-state index in [-0.39, 0.29) is 5.91 Å². The van der Waals surface area contributed by atoms with Crippen LogP contribution >= 0.6 is 0 Å². The first-order valence-corrected chi connectivity index (χ1v) is 13.5. The van der Waals surface area contributed by atoms with E-state index in [1.165, 1.54) is 16.8 Å². The Hall–Kier alpha value is -3.55. The van der Waals surface area contributed by atoms with E-state index in [0.29, 0.717) is 13.1 Å². The van der Waals surface area contributed by atoms with Crippen molar-refractivity contribution in [2.45, 2.75) is 19.6 Å². The smallest absolute Gasteiger partial charge is 0.236 e. The van der Waals surface area contributed by atoms with Crippen LogP contribution < -0.4 is 19.9 Å². The fourth-order valence-electron chi connectivity index (χ4n) is 5.21. The third-order valence-corrected chi connectivity index (χ3v) is 7.52. The molecule has 3 aromatic carbocycles. The van der Waals surface area contributed by atoms with E-state index < -0.39 is 0 Å². The second-order valence-electron chi connectivity index (χ2n) is 10.3. The molecule has 0 bridgehead atoms. The number of nitrogens with one attached hydrogen (secondary N) is 1. The molecule has 5 rings (SSSR count). The number of methoxy groups -OCH3 is 1. The first-order valence-electron chi connectivity index (χ1n) is 13.5. The number of ether oxygens (including phenoxy) is 1. The molecule has 200 valence electrons. The van der Waals surface area contributed by atoms with E-state index in [4.69, 9.17) is 4.74 Å². The van der Waals surface area contributed by atoms with Crippen LogP contribution in [0.1, 0.15) is 16.7 Å². The highest BCUT2D eigenvalue weighted by molar-refractivity contribution is 5.79. The molecule has 2 aliphatic rings. The number of carbonyl (C=O) groups excluding carboxylic acids is 1. The largest absolute Gasteiger partial charge is 0.497 e. The van der Waals surface area contributed by atoms with Crippen molar-refractivity contribution in [1.29, 1.82) is 0 Å². The van der Waals surface area contributed by atoms with E-state index >= 15 is 0 Å². The molecule has 0 aromatic heterocycles. The number of piperazine rings is 2. The average Bonchev–Trinajstić information content (AvgIpc) is 2.95. The molecule has 7 nitrogen and oxygen atoms in total. The Labute approximate surface area is 226 Å². The molecular formula is C31H39N5O2. The van der Waals surface area contributed by atoms with Gasteiger partial charge in [-0.15, -0.1) is 0 Å². The van der Waals surface area contributed by atoms with Crippen molar-refractivity contribution in [3.8, 4) is 5.75 Å². The summed E-state index contributed by atoms with van der Waals surface area (Å²) < 4.78 is 5.48. The highest BCUT2D eigenvalue weighted by Gasteiger charge is 2.19. The predicted molar refractivity (Wildman–Crippen MR) is 154 cm³/mol. The van der Waals surface area contributed by atoms with Crippen LogP contribution in [0.2, 0.25) is 0 Å². The van der Waals surface area contributed by atoms with Crippen LogP contribution in [0.3, 0.4) is 0 Å². The van der Waals surface area contributed by atoms with E-state index in [0.717, 1.165) is 69.4 Å². The molecule has 7 heteroatoms. The SMILES string of the molecule is COc1cccc(CN(Cc2ccc(N3CCN(C)CC3)cc2)c2cccc(CN3CCNCC3=O)c2)c1. The van der Waals surface area contributed by atoms with Crippen molar-refractivity contribution in [3.05, 3.63) is 89.5 Å². The maximum absolute atomic E-state index is 12.4. The summed E-state index contributed by atoms with van der Waals surface area (Å²) in [5.74, 6) is 1.03. The van der Waals surface area contributed by atoms with E-state index in [1.807, 2.05) is 17.0 Å². The summed E-state index contributed by atoms with van der Waals surface area (Å²) in [5.41, 5.74) is 6.06. The summed E-state index contributed by atoms with van der Waals surface area (Å²) in [5, 5.41) is 3.16. The summed E-state index contributed by atoms with van der Waals surface area (Å²) in [4.78, 5) is 21.6. The van der Waals surface area contributed by atoms with Gasteiger partial charge in [0.25, 0.3) is 0 Å². The Morgan fingerprint density at radius 2 is 1.58 bits per heavy atom. The number of carbonyl (C=O) groups is 1. The molecule has 0 spiro atoms. The summed E-state index contributed by atoms with van der Waals surface area (Å²) in [7, 11) is 3.90. The molecule has 2 aliphatic heterocycles. The number of benzene rings is 3. The van der Waals surface area contributed by atoms with Gasteiger partial charge in [-0.3, -0.25) is 4.79 Å². The van der Waals surface area contributed by atoms with Crippen molar-refractivity contribution in [2.75, 3.05) is 69.8 Å². The lowest BCUT2D eigenvalue weighted by Gasteiger charge is -2.34. The highest BCUT2D eigenvalue weighted by Crippen LogP contribution is 2.25. The molecule has 0 atom stereocenters. The number of hydrogen-bond donors (Lipinski definition) is 1. The second-order valence-corrected chi connectivity index (χ2v) is 10.3. The Morgan fingerprint density at radius 3 is 2.34 bits per heavy atom. The lowest BCUT2D eigenvalue weighted by atomic mass is 10.1. The zero-order valence-electron chi connectivity index (χ0n) is 22.6. The van der Waals surface area contributed by atoms with E-state index in [1.54, 1.807) is 7.11 Å². The Balaban J connectivity index is 1.36. The fraction of sp³-hybridized carbons (Fsp3) is 0.387. The maximum Gasteiger partial charge on any atom is 0.236 e. The topological polar surface area (TPSA) is 51.3 Å². The van der Waals surface area contributed by atoms with Crippen LogP contribution in [-0.4, -0.2) is 75.7 Å². The highest BCUT2D eigenvalue weighted by atomic mass is 16.5. The van der Waals surface area contributed by atoms with Gasteiger partial charge < -0.3 is 29.7 Å². The predicted octanol–water partition coefficient (Wildman–Crippen LogP) is 3.59. The maximum atomic E-state index is 12.4. The van der Waals surface area contributed by atoms with Crippen LogP contribution in [0.4, 0.5) is 11.4 Å². The minimum absolute atomic E-state index is 0.162. The van der Waals surface area contributed by atoms with Gasteiger partial charge in [-0.05, 0) is 60.1 Å². The number of amides is 1. The van der Waals surface area contributed by atoms with Crippen LogP contribution in [0.25, 0.3) is 0 Å². The fourth-order valence-corrected chi connectivity index (χ4v) is 5.21. The molecule has 1 amide bonds. The molecule has 0 unspecified atom stereocenters. The van der Waals surface area contributed by atoms with Gasteiger partial charge in [0.15, 0.2) is 0 Å². The van der Waals surface area contributed by atoms with Gasteiger partial charge in [-0.2, -0.15) is 0 Å². The van der Waals surface area contributed by atoms with Gasteiger partial charge in [0.05, 0.1) is 13.7 Å². The monoisotopic (exact) mass is 513 g/mol. The summed E-state index contributed by atoms with van der Waals surface area (Å²) in [6.07, 6.45) is 0. The van der Waals surface area contributed by atoms with Gasteiger partial charge in [-0.25, -0.2) is 0 Å². The summed E-state index contributed by atoms with van der Waals surface area (Å²) in [6, 6.07) is 25.9. The molecular weight excluding hydrogens is 474 g/mol. The molecule has 2 heterocycles. The third-order valence-electron chi connectivity index (χ3n) is 7.52. The average molecular weight is 514 g/mol. The Bertz CT molecular complexity index is 1210. The minimum atomic E-state index is 0.162. The van der Waals surface area contributed by atoms with Crippen molar-refractivity contribution in [2.24, 2.45) is 0 Å². The molecule has 1 N–H and O–H groups in total. The van der Waals surface area contributed by atoms with E-state index in [9.17, 15) is 4.79 Å². The standard InChI is InChI=1S/C31H39N5O2/c1-33-15-17-34(18-16-33)28-11-9-25(10-12-28)22-36(24-27-6-4-8-30(20-27)38-2)29-7-3-5-26(19-29)23-35-14-13-32-21-31(35)37/h3-12,19-20,32H,13-18,21-24H2,1-2H3. The summed E-state index contributed by atoms with van der Waals surface area (Å²) >= 11 is 0. The van der Waals surface area contributed by atoms with Crippen LogP contribution in [0.5, 0.6) is 5.75 Å². The quantitative estimate of drug-likeness (QED) is 0.472. The van der Waals surface area contributed by atoms with Crippen molar-refractivity contribution in [3.63, 3.8) is 0 Å². The Morgan fingerprint density at radius 1 is 0.842 bits per heavy atom. The number of rotatable bonds is 9. The summed E-state index contributed by atoms with van der Waals surface area (Å²) in [6.45, 7) is 8.54. The lowest BCUT2D eigenvalue weighted by molar-refractivity contribution is -0.132. The normalized spacial score (nSPS) is 16.5. The van der Waals surface area contributed by atoms with Gasteiger partial charge in [-0.1, -0.05) is 36.4 Å². The third kappa shape index (κ3) is 6.65. The van der Waals surface area contributed by atoms with Gasteiger partial charge in [0.2, 0.25) is 5.91 Å². The van der Waals surface area contributed by atoms with Crippen LogP contribution in [0, 0.1) is 0 Å². The zero-order chi connectivity index (χ0) is 26.3. The van der Waals surface area contributed by atoms with Crippen LogP contribution in [-0.2, 0) is 24.4 Å². The lowest BCUT2D eigenvalue weighted by Crippen LogP contribution is -2.47. The number of anilines is 2. The van der Waals surface area contributed by atoms with E-state index in [2.05, 4.69) is 87.7 Å². The van der Waals surface area contributed by atoms with Crippen molar-refractivity contribution < 1.29 is 9.53 Å². The van der Waals surface area contributed by atoms with Gasteiger partial charge in [0, 0.05) is 70.3 Å². The number of hydrogen-bond acceptors (Lipinski definition) is 6. The van der Waals surface area contributed by atoms with Crippen LogP contribution in [0.15, 0.2) is 72.8 Å². The molecule has 3 aromatic rings. The molecule has 38 heavy (non-hydrogen) atoms. The first-order chi connectivity index (χ1) is 18.6. The van der Waals surface area contributed by atoms with Gasteiger partial charge >= 0.3 is 0 Å². The minimum Gasteiger partial charge on any atom is -0.497 e. The molecule has 2 fully saturated rings. The first kappa shape index (κ1) is 26.1. The Kier molecular flexibility index (Phi) is 8.46. The molecule has 2 saturated heterocycles.